The Hall–Kier alpha value is -2.96. The van der Waals surface area contributed by atoms with E-state index in [0.29, 0.717) is 27.9 Å². The summed E-state index contributed by atoms with van der Waals surface area (Å²) in [4.78, 5) is 42.5. The van der Waals surface area contributed by atoms with Crippen LogP contribution in [0.4, 0.5) is 20.7 Å². The Morgan fingerprint density at radius 2 is 2.03 bits per heavy atom. The number of pyridine rings is 1. The molecule has 0 saturated heterocycles. The van der Waals surface area contributed by atoms with Crippen LogP contribution < -0.4 is 14.9 Å². The van der Waals surface area contributed by atoms with Gasteiger partial charge < -0.3 is 5.32 Å². The highest BCUT2D eigenvalue weighted by molar-refractivity contribution is 8.16. The maximum atomic E-state index is 13.3. The Morgan fingerprint density at radius 1 is 1.27 bits per heavy atom. The van der Waals surface area contributed by atoms with E-state index in [9.17, 15) is 27.2 Å². The van der Waals surface area contributed by atoms with Gasteiger partial charge in [-0.3, -0.25) is 9.59 Å². The molecule has 4 rings (SSSR count). The predicted octanol–water partition coefficient (Wildman–Crippen LogP) is 3.58. The first-order valence-electron chi connectivity index (χ1n) is 9.49. The molecular formula is C20H16ClFN4O5S2. The van der Waals surface area contributed by atoms with Crippen LogP contribution in [0.25, 0.3) is 0 Å². The second kappa shape index (κ2) is 8.43. The van der Waals surface area contributed by atoms with Crippen LogP contribution in [-0.2, 0) is 21.2 Å². The van der Waals surface area contributed by atoms with Crippen molar-refractivity contribution in [2.45, 2.75) is 23.8 Å². The maximum absolute atomic E-state index is 13.3. The van der Waals surface area contributed by atoms with E-state index in [1.165, 1.54) is 31.3 Å². The molecule has 13 heteroatoms. The molecule has 0 saturated carbocycles. The number of allylic oxidation sites excluding steroid dienone is 1. The van der Waals surface area contributed by atoms with E-state index < -0.39 is 37.1 Å². The van der Waals surface area contributed by atoms with Crippen LogP contribution in [0.2, 0.25) is 5.02 Å². The minimum Gasteiger partial charge on any atom is -0.306 e. The van der Waals surface area contributed by atoms with Crippen LogP contribution in [0.1, 0.15) is 29.3 Å². The van der Waals surface area contributed by atoms with Crippen LogP contribution in [0.15, 0.2) is 47.8 Å². The minimum absolute atomic E-state index is 0.0319. The smallest absolute Gasteiger partial charge is 0.306 e. The van der Waals surface area contributed by atoms with E-state index >= 15 is 0 Å². The number of hydrogen-bond donors (Lipinski definition) is 2. The second-order valence-corrected chi connectivity index (χ2v) is 11.7. The Morgan fingerprint density at radius 3 is 2.67 bits per heavy atom. The molecule has 0 spiro atoms. The minimum atomic E-state index is -4.20. The average molecular weight is 511 g/mol. The summed E-state index contributed by atoms with van der Waals surface area (Å²) in [6.45, 7) is 1.31. The van der Waals surface area contributed by atoms with Gasteiger partial charge in [0.25, 0.3) is 15.9 Å². The van der Waals surface area contributed by atoms with Gasteiger partial charge in [-0.05, 0) is 55.3 Å². The number of benzene rings is 1. The molecule has 0 bridgehead atoms. The van der Waals surface area contributed by atoms with E-state index in [1.807, 2.05) is 4.72 Å². The number of carbonyl (C=O) groups is 3. The predicted molar refractivity (Wildman–Crippen MR) is 122 cm³/mol. The van der Waals surface area contributed by atoms with Gasteiger partial charge in [-0.15, -0.1) is 0 Å². The summed E-state index contributed by atoms with van der Waals surface area (Å²) in [5.41, 5.74) is 0.968. The molecule has 0 aliphatic carbocycles. The third-order valence-electron chi connectivity index (χ3n) is 5.07. The summed E-state index contributed by atoms with van der Waals surface area (Å²) >= 11 is 6.44. The number of hydrogen-bond acceptors (Lipinski definition) is 7. The molecule has 2 aromatic rings. The molecule has 9 nitrogen and oxygen atoms in total. The Labute approximate surface area is 197 Å². The van der Waals surface area contributed by atoms with Crippen LogP contribution in [0.3, 0.4) is 0 Å². The SMILES string of the molecule is CC1(S(=O)(=O)NC(=O)Nc2ccc(N3C(=O)Cc4cc(Cl)ccc4C3=O)nc2)CC=C(F)S1. The first kappa shape index (κ1) is 23.2. The van der Waals surface area contributed by atoms with Crippen molar-refractivity contribution in [2.75, 3.05) is 10.2 Å². The lowest BCUT2D eigenvalue weighted by molar-refractivity contribution is -0.117. The fraction of sp³-hybridized carbons (Fsp3) is 0.200. The van der Waals surface area contributed by atoms with E-state index in [4.69, 9.17) is 11.6 Å². The zero-order chi connectivity index (χ0) is 24.0. The normalized spacial score (nSPS) is 20.3. The number of amides is 4. The van der Waals surface area contributed by atoms with Crippen LogP contribution in [-0.4, -0.2) is 35.3 Å². The largest absolute Gasteiger partial charge is 0.332 e. The number of halogens is 2. The number of anilines is 2. The van der Waals surface area contributed by atoms with Gasteiger partial charge in [-0.25, -0.2) is 27.8 Å². The number of fused-ring (bicyclic) bond motifs is 1. The van der Waals surface area contributed by atoms with E-state index in [0.717, 1.165) is 11.0 Å². The van der Waals surface area contributed by atoms with Crippen molar-refractivity contribution in [3.05, 3.63) is 63.9 Å². The van der Waals surface area contributed by atoms with Gasteiger partial charge in [0.1, 0.15) is 9.90 Å². The van der Waals surface area contributed by atoms with Crippen molar-refractivity contribution in [2.24, 2.45) is 0 Å². The lowest BCUT2D eigenvalue weighted by Gasteiger charge is -2.26. The number of carbonyl (C=O) groups excluding carboxylic acids is 3. The van der Waals surface area contributed by atoms with Crippen LogP contribution in [0, 0.1) is 0 Å². The third-order valence-corrected chi connectivity index (χ3v) is 8.93. The summed E-state index contributed by atoms with van der Waals surface area (Å²) in [6.07, 6.45) is 2.19. The first-order valence-corrected chi connectivity index (χ1v) is 12.2. The fourth-order valence-corrected chi connectivity index (χ4v) is 5.88. The fourth-order valence-electron chi connectivity index (χ4n) is 3.32. The molecule has 0 radical (unpaired) electrons. The summed E-state index contributed by atoms with van der Waals surface area (Å²) in [5.74, 6) is -1.01. The van der Waals surface area contributed by atoms with Crippen molar-refractivity contribution in [3.8, 4) is 0 Å². The lowest BCUT2D eigenvalue weighted by Crippen LogP contribution is -2.44. The molecule has 2 N–H and O–H groups in total. The lowest BCUT2D eigenvalue weighted by atomic mass is 9.98. The molecule has 4 amide bonds. The van der Waals surface area contributed by atoms with Crippen LogP contribution >= 0.6 is 23.4 Å². The maximum Gasteiger partial charge on any atom is 0.332 e. The summed E-state index contributed by atoms with van der Waals surface area (Å²) in [5, 5.41) is 2.10. The molecule has 0 fully saturated rings. The molecule has 2 aliphatic rings. The van der Waals surface area contributed by atoms with E-state index in [1.54, 1.807) is 12.1 Å². The standard InChI is InChI=1S/C20H16ClFN4O5S2/c1-20(7-6-15(22)32-20)33(30,31)25-19(29)24-13-3-5-16(23-10-13)26-17(27)9-11-8-12(21)2-4-14(11)18(26)28/h2-6,8,10H,7,9H2,1H3,(H2,24,25,29). The van der Waals surface area contributed by atoms with Gasteiger partial charge in [0, 0.05) is 10.6 Å². The van der Waals surface area contributed by atoms with Gasteiger partial charge in [-0.2, -0.15) is 4.39 Å². The number of imide groups is 1. The number of thioether (sulfide) groups is 1. The number of nitrogens with one attached hydrogen (secondary N) is 2. The molecule has 33 heavy (non-hydrogen) atoms. The van der Waals surface area contributed by atoms with Crippen molar-refractivity contribution in [1.29, 1.82) is 0 Å². The zero-order valence-corrected chi connectivity index (χ0v) is 19.4. The summed E-state index contributed by atoms with van der Waals surface area (Å²) in [7, 11) is -4.20. The van der Waals surface area contributed by atoms with Crippen molar-refractivity contribution in [1.82, 2.24) is 9.71 Å². The Bertz CT molecular complexity index is 1320. The molecule has 2 aliphatic heterocycles. The number of rotatable bonds is 4. The molecule has 1 aromatic carbocycles. The van der Waals surface area contributed by atoms with Gasteiger partial charge in [0.05, 0.1) is 18.3 Å². The van der Waals surface area contributed by atoms with E-state index in [2.05, 4.69) is 10.3 Å². The number of urea groups is 1. The monoisotopic (exact) mass is 510 g/mol. The first-order chi connectivity index (χ1) is 15.5. The van der Waals surface area contributed by atoms with Crippen LogP contribution in [0.5, 0.6) is 0 Å². The highest BCUT2D eigenvalue weighted by Crippen LogP contribution is 2.45. The van der Waals surface area contributed by atoms with Gasteiger partial charge in [-0.1, -0.05) is 23.4 Å². The molecule has 1 atom stereocenters. The van der Waals surface area contributed by atoms with Gasteiger partial charge in [0.2, 0.25) is 5.91 Å². The van der Waals surface area contributed by atoms with Crippen molar-refractivity contribution in [3.63, 3.8) is 0 Å². The van der Waals surface area contributed by atoms with Crippen molar-refractivity contribution < 1.29 is 27.2 Å². The number of nitrogens with zero attached hydrogens (tertiary/aromatic N) is 2. The van der Waals surface area contributed by atoms with E-state index in [-0.39, 0.29) is 24.3 Å². The average Bonchev–Trinajstić information content (AvgIpc) is 3.09. The summed E-state index contributed by atoms with van der Waals surface area (Å²) < 4.78 is 38.6. The topological polar surface area (TPSA) is 126 Å². The Balaban J connectivity index is 1.45. The number of sulfonamides is 1. The highest BCUT2D eigenvalue weighted by atomic mass is 35.5. The molecule has 1 unspecified atom stereocenters. The Kier molecular flexibility index (Phi) is 5.93. The molecule has 172 valence electrons. The highest BCUT2D eigenvalue weighted by Gasteiger charge is 2.45. The second-order valence-electron chi connectivity index (χ2n) is 7.43. The number of aromatic nitrogens is 1. The molecule has 3 heterocycles. The summed E-state index contributed by atoms with van der Waals surface area (Å²) in [6, 6.07) is 6.29. The zero-order valence-electron chi connectivity index (χ0n) is 17.0. The third kappa shape index (κ3) is 4.45. The van der Waals surface area contributed by atoms with Gasteiger partial charge >= 0.3 is 6.03 Å². The van der Waals surface area contributed by atoms with Crippen molar-refractivity contribution >= 4 is 62.7 Å². The quantitative estimate of drug-likeness (QED) is 0.602. The molecular weight excluding hydrogens is 495 g/mol. The molecule has 1 aromatic heterocycles. The van der Waals surface area contributed by atoms with Gasteiger partial charge in [0.15, 0.2) is 5.16 Å².